The predicted octanol–water partition coefficient (Wildman–Crippen LogP) is 2.40. The van der Waals surface area contributed by atoms with Crippen LogP contribution in [0.25, 0.3) is 12.2 Å². The summed E-state index contributed by atoms with van der Waals surface area (Å²) in [5.41, 5.74) is 23.9. The summed E-state index contributed by atoms with van der Waals surface area (Å²) in [5, 5.41) is 0. The van der Waals surface area contributed by atoms with E-state index in [9.17, 15) is 4.79 Å². The summed E-state index contributed by atoms with van der Waals surface area (Å²) in [4.78, 5) is 10.4. The zero-order valence-corrected chi connectivity index (χ0v) is 19.8. The molecule has 182 valence electrons. The number of unbranched alkanes of at least 4 members (excludes halogenated alkanes) is 1. The van der Waals surface area contributed by atoms with Crippen LogP contribution in [0.15, 0.2) is 30.3 Å². The molecule has 33 heavy (non-hydrogen) atoms. The van der Waals surface area contributed by atoms with Crippen LogP contribution in [0.3, 0.4) is 0 Å². The van der Waals surface area contributed by atoms with Crippen LogP contribution in [-0.2, 0) is 4.79 Å². The summed E-state index contributed by atoms with van der Waals surface area (Å²) >= 11 is 0. The topological polar surface area (TPSA) is 158 Å². The lowest BCUT2D eigenvalue weighted by molar-refractivity contribution is -0.119. The second kappa shape index (κ2) is 14.6. The van der Waals surface area contributed by atoms with Gasteiger partial charge >= 0.3 is 0 Å². The van der Waals surface area contributed by atoms with E-state index in [2.05, 4.69) is 0 Å². The van der Waals surface area contributed by atoms with E-state index < -0.39 is 11.9 Å². The second-order valence-corrected chi connectivity index (χ2v) is 7.09. The Hall–Kier alpha value is -3.43. The molecule has 0 aromatic heterocycles. The van der Waals surface area contributed by atoms with Gasteiger partial charge in [0.25, 0.3) is 0 Å². The number of hydrogen-bond donors (Lipinski definition) is 4. The number of primary amides is 1. The Morgan fingerprint density at radius 2 is 1.45 bits per heavy atom. The number of amides is 1. The van der Waals surface area contributed by atoms with Crippen molar-refractivity contribution in [2.45, 2.75) is 25.3 Å². The molecule has 9 heteroatoms. The summed E-state index contributed by atoms with van der Waals surface area (Å²) < 4.78 is 21.2. The maximum absolute atomic E-state index is 10.4. The van der Waals surface area contributed by atoms with Gasteiger partial charge in [-0.2, -0.15) is 0 Å². The first-order valence-corrected chi connectivity index (χ1v) is 10.5. The minimum absolute atomic E-state index is 0.433. The van der Waals surface area contributed by atoms with Crippen molar-refractivity contribution in [3.63, 3.8) is 0 Å². The van der Waals surface area contributed by atoms with Crippen molar-refractivity contribution in [3.05, 3.63) is 41.5 Å². The third kappa shape index (κ3) is 8.91. The summed E-state index contributed by atoms with van der Waals surface area (Å²) in [7, 11) is 6.36. The number of methoxy groups -OCH3 is 4. The first kappa shape index (κ1) is 27.6. The standard InChI is InChI=1S/C18H21NO4.C6H15N3O/c1-20-15-8-7-12(9-14(15)19)5-6-13-10-16(21-2)18(23-4)17(11-13)22-3;7-4-2-1-3-5(8)6(9)10/h5-11H,19H2,1-4H3;5H,1-4,7-8H2,(H2,9,10)/b6-5-;/t;5-/m.1/s1. The van der Waals surface area contributed by atoms with E-state index in [1.165, 1.54) is 0 Å². The van der Waals surface area contributed by atoms with Crippen LogP contribution in [0.4, 0.5) is 5.69 Å². The van der Waals surface area contributed by atoms with Crippen molar-refractivity contribution < 1.29 is 23.7 Å². The molecule has 0 unspecified atom stereocenters. The molecule has 0 aliphatic heterocycles. The van der Waals surface area contributed by atoms with Crippen molar-refractivity contribution in [1.29, 1.82) is 0 Å². The first-order chi connectivity index (χ1) is 15.8. The van der Waals surface area contributed by atoms with E-state index >= 15 is 0 Å². The van der Waals surface area contributed by atoms with Crippen molar-refractivity contribution in [3.8, 4) is 23.0 Å². The minimum atomic E-state index is -0.494. The normalized spacial score (nSPS) is 11.3. The quantitative estimate of drug-likeness (QED) is 0.226. The maximum Gasteiger partial charge on any atom is 0.234 e. The zero-order valence-electron chi connectivity index (χ0n) is 19.8. The van der Waals surface area contributed by atoms with E-state index in [-0.39, 0.29) is 0 Å². The van der Waals surface area contributed by atoms with Crippen LogP contribution in [0.1, 0.15) is 30.4 Å². The molecule has 1 amide bonds. The van der Waals surface area contributed by atoms with Crippen LogP contribution in [0, 0.1) is 0 Å². The summed E-state index contributed by atoms with van der Waals surface area (Å²) in [5.74, 6) is 2.02. The zero-order chi connectivity index (χ0) is 24.8. The summed E-state index contributed by atoms with van der Waals surface area (Å²) in [6.45, 7) is 0.644. The fourth-order valence-electron chi connectivity index (χ4n) is 2.90. The van der Waals surface area contributed by atoms with Gasteiger partial charge in [-0.1, -0.05) is 24.6 Å². The number of anilines is 1. The van der Waals surface area contributed by atoms with Crippen LogP contribution in [-0.4, -0.2) is 46.9 Å². The van der Waals surface area contributed by atoms with Crippen molar-refractivity contribution in [2.24, 2.45) is 17.2 Å². The Balaban J connectivity index is 0.000000461. The molecule has 0 fully saturated rings. The number of carbonyl (C=O) groups is 1. The highest BCUT2D eigenvalue weighted by molar-refractivity contribution is 5.79. The molecule has 0 saturated heterocycles. The minimum Gasteiger partial charge on any atom is -0.495 e. The van der Waals surface area contributed by atoms with E-state index in [4.69, 9.17) is 41.9 Å². The van der Waals surface area contributed by atoms with Gasteiger partial charge < -0.3 is 41.9 Å². The van der Waals surface area contributed by atoms with E-state index in [0.717, 1.165) is 24.0 Å². The first-order valence-electron chi connectivity index (χ1n) is 10.5. The van der Waals surface area contributed by atoms with Gasteiger partial charge in [0.1, 0.15) is 5.75 Å². The molecular formula is C24H36N4O5. The molecule has 0 radical (unpaired) electrons. The highest BCUT2D eigenvalue weighted by atomic mass is 16.5. The van der Waals surface area contributed by atoms with Gasteiger partial charge in [0.05, 0.1) is 40.2 Å². The lowest BCUT2D eigenvalue weighted by Crippen LogP contribution is -2.36. The van der Waals surface area contributed by atoms with Crippen LogP contribution < -0.4 is 41.9 Å². The van der Waals surface area contributed by atoms with Crippen LogP contribution >= 0.6 is 0 Å². The van der Waals surface area contributed by atoms with Crippen molar-refractivity contribution in [2.75, 3.05) is 40.7 Å². The highest BCUT2D eigenvalue weighted by Gasteiger charge is 2.12. The average molecular weight is 461 g/mol. The molecular weight excluding hydrogens is 424 g/mol. The average Bonchev–Trinajstić information content (AvgIpc) is 2.82. The van der Waals surface area contributed by atoms with E-state index in [1.54, 1.807) is 28.4 Å². The number of hydrogen-bond acceptors (Lipinski definition) is 8. The monoisotopic (exact) mass is 460 g/mol. The van der Waals surface area contributed by atoms with Gasteiger partial charge in [0.2, 0.25) is 11.7 Å². The Morgan fingerprint density at radius 3 is 1.91 bits per heavy atom. The van der Waals surface area contributed by atoms with Crippen molar-refractivity contribution >= 4 is 23.7 Å². The van der Waals surface area contributed by atoms with Crippen LogP contribution in [0.5, 0.6) is 23.0 Å². The van der Waals surface area contributed by atoms with Crippen molar-refractivity contribution in [1.82, 2.24) is 0 Å². The van der Waals surface area contributed by atoms with Gasteiger partial charge in [-0.3, -0.25) is 4.79 Å². The van der Waals surface area contributed by atoms with Gasteiger partial charge in [-0.05, 0) is 54.8 Å². The number of benzene rings is 2. The van der Waals surface area contributed by atoms with E-state index in [0.29, 0.717) is 41.7 Å². The number of rotatable bonds is 11. The van der Waals surface area contributed by atoms with E-state index in [1.807, 2.05) is 42.5 Å². The fourth-order valence-corrected chi connectivity index (χ4v) is 2.90. The van der Waals surface area contributed by atoms with Gasteiger partial charge in [0, 0.05) is 0 Å². The number of ether oxygens (including phenoxy) is 4. The number of carbonyl (C=O) groups excluding carboxylic acids is 1. The molecule has 2 aromatic rings. The smallest absolute Gasteiger partial charge is 0.234 e. The maximum atomic E-state index is 10.4. The molecule has 2 aromatic carbocycles. The number of nitrogen functional groups attached to an aromatic ring is 1. The Kier molecular flexibility index (Phi) is 12.2. The Morgan fingerprint density at radius 1 is 0.879 bits per heavy atom. The molecule has 0 bridgehead atoms. The van der Waals surface area contributed by atoms with Gasteiger partial charge in [0.15, 0.2) is 11.5 Å². The summed E-state index contributed by atoms with van der Waals surface area (Å²) in [6, 6.07) is 8.89. The molecule has 1 atom stereocenters. The molecule has 0 heterocycles. The molecule has 0 aliphatic carbocycles. The third-order valence-electron chi connectivity index (χ3n) is 4.74. The lowest BCUT2D eigenvalue weighted by Gasteiger charge is -2.12. The molecule has 0 spiro atoms. The predicted molar refractivity (Wildman–Crippen MR) is 133 cm³/mol. The number of nitrogens with two attached hydrogens (primary N) is 4. The summed E-state index contributed by atoms with van der Waals surface area (Å²) in [6.07, 6.45) is 6.33. The molecule has 2 rings (SSSR count). The van der Waals surface area contributed by atoms with Gasteiger partial charge in [-0.25, -0.2) is 0 Å². The lowest BCUT2D eigenvalue weighted by atomic mass is 10.1. The Labute approximate surface area is 195 Å². The molecule has 8 N–H and O–H groups in total. The molecule has 0 aliphatic rings. The molecule has 0 saturated carbocycles. The van der Waals surface area contributed by atoms with Gasteiger partial charge in [-0.15, -0.1) is 0 Å². The largest absolute Gasteiger partial charge is 0.495 e. The highest BCUT2D eigenvalue weighted by Crippen LogP contribution is 2.38. The molecule has 9 nitrogen and oxygen atoms in total. The van der Waals surface area contributed by atoms with Crippen LogP contribution in [0.2, 0.25) is 0 Å². The SMILES string of the molecule is COc1ccc(/C=C\c2cc(OC)c(OC)c(OC)c2)cc1N.NCCCC[C@@H](N)C(N)=O. The second-order valence-electron chi connectivity index (χ2n) is 7.09. The third-order valence-corrected chi connectivity index (χ3v) is 4.74. The fraction of sp³-hybridized carbons (Fsp3) is 0.375. The Bertz CT molecular complexity index is 893.